The van der Waals surface area contributed by atoms with E-state index >= 15 is 0 Å². The number of amides is 1. The third kappa shape index (κ3) is 5.31. The zero-order valence-electron chi connectivity index (χ0n) is 16.8. The van der Waals surface area contributed by atoms with Gasteiger partial charge in [0.1, 0.15) is 12.4 Å². The molecule has 1 heterocycles. The van der Waals surface area contributed by atoms with Crippen LogP contribution in [0.2, 0.25) is 5.02 Å². The molecule has 0 aliphatic heterocycles. The van der Waals surface area contributed by atoms with Crippen LogP contribution >= 0.6 is 23.4 Å². The second-order valence-corrected chi connectivity index (χ2v) is 8.13. The van der Waals surface area contributed by atoms with Gasteiger partial charge in [-0.15, -0.1) is 10.2 Å². The number of carbonyl (C=O) groups is 1. The maximum Gasteiger partial charge on any atom is 0.234 e. The Bertz CT molecular complexity index is 1020. The highest BCUT2D eigenvalue weighted by Crippen LogP contribution is 2.26. The van der Waals surface area contributed by atoms with Crippen molar-refractivity contribution in [3.8, 4) is 5.75 Å². The largest absolute Gasteiger partial charge is 0.484 e. The van der Waals surface area contributed by atoms with Gasteiger partial charge < -0.3 is 14.6 Å². The lowest BCUT2D eigenvalue weighted by Gasteiger charge is -2.11. The van der Waals surface area contributed by atoms with E-state index < -0.39 is 0 Å². The van der Waals surface area contributed by atoms with Gasteiger partial charge in [0, 0.05) is 12.7 Å². The van der Waals surface area contributed by atoms with Crippen LogP contribution in [0.15, 0.2) is 41.6 Å². The normalized spacial score (nSPS) is 10.8. The summed E-state index contributed by atoms with van der Waals surface area (Å²) in [6, 6.07) is 11.5. The standard InChI is InChI=1S/C21H23ClN4O2S/c1-13-8-9-16(22)17(10-13)28-11-18-24-25-21(26(18)4)29-12-19(27)23-20-14(2)6-5-7-15(20)3/h5-10H,11-12H2,1-4H3,(H,23,27). The molecule has 3 aromatic rings. The van der Waals surface area contributed by atoms with E-state index in [1.54, 1.807) is 6.07 Å². The number of aromatic nitrogens is 3. The quantitative estimate of drug-likeness (QED) is 0.550. The molecular formula is C21H23ClN4O2S. The topological polar surface area (TPSA) is 69.0 Å². The van der Waals surface area contributed by atoms with Crippen LogP contribution in [-0.4, -0.2) is 26.4 Å². The SMILES string of the molecule is Cc1ccc(Cl)c(OCc2nnc(SCC(=O)Nc3c(C)cccc3C)n2C)c1. The van der Waals surface area contributed by atoms with Gasteiger partial charge in [0.15, 0.2) is 11.0 Å². The van der Waals surface area contributed by atoms with Gasteiger partial charge in [-0.3, -0.25) is 4.79 Å². The van der Waals surface area contributed by atoms with E-state index in [-0.39, 0.29) is 18.3 Å². The predicted octanol–water partition coefficient (Wildman–Crippen LogP) is 4.70. The number of halogens is 1. The number of hydrogen-bond donors (Lipinski definition) is 1. The fourth-order valence-corrected chi connectivity index (χ4v) is 3.68. The minimum absolute atomic E-state index is 0.0836. The Kier molecular flexibility index (Phi) is 6.82. The smallest absolute Gasteiger partial charge is 0.234 e. The van der Waals surface area contributed by atoms with E-state index in [0.29, 0.717) is 21.8 Å². The van der Waals surface area contributed by atoms with E-state index in [1.807, 2.05) is 62.7 Å². The van der Waals surface area contributed by atoms with Crippen LogP contribution in [0.5, 0.6) is 5.75 Å². The van der Waals surface area contributed by atoms with Crippen molar-refractivity contribution in [3.05, 3.63) is 63.9 Å². The van der Waals surface area contributed by atoms with Crippen LogP contribution in [0.4, 0.5) is 5.69 Å². The van der Waals surface area contributed by atoms with E-state index in [9.17, 15) is 4.79 Å². The summed E-state index contributed by atoms with van der Waals surface area (Å²) in [6.45, 7) is 6.17. The molecule has 0 radical (unpaired) electrons. The number of hydrogen-bond acceptors (Lipinski definition) is 5. The van der Waals surface area contributed by atoms with Crippen molar-refractivity contribution >= 4 is 35.0 Å². The molecule has 0 unspecified atom stereocenters. The van der Waals surface area contributed by atoms with Crippen LogP contribution in [-0.2, 0) is 18.4 Å². The first kappa shape index (κ1) is 21.2. The van der Waals surface area contributed by atoms with Gasteiger partial charge in [0.2, 0.25) is 5.91 Å². The monoisotopic (exact) mass is 430 g/mol. The summed E-state index contributed by atoms with van der Waals surface area (Å²) < 4.78 is 7.61. The Morgan fingerprint density at radius 2 is 1.90 bits per heavy atom. The van der Waals surface area contributed by atoms with Crippen molar-refractivity contribution < 1.29 is 9.53 Å². The zero-order valence-corrected chi connectivity index (χ0v) is 18.4. The minimum atomic E-state index is -0.0836. The molecule has 0 bridgehead atoms. The lowest BCUT2D eigenvalue weighted by Crippen LogP contribution is -2.16. The summed E-state index contributed by atoms with van der Waals surface area (Å²) in [7, 11) is 1.85. The molecule has 8 heteroatoms. The number of carbonyl (C=O) groups excluding carboxylic acids is 1. The molecule has 3 rings (SSSR count). The highest BCUT2D eigenvalue weighted by atomic mass is 35.5. The first-order chi connectivity index (χ1) is 13.8. The van der Waals surface area contributed by atoms with Gasteiger partial charge in [0.05, 0.1) is 10.8 Å². The van der Waals surface area contributed by atoms with Crippen LogP contribution in [0.25, 0.3) is 0 Å². The maximum atomic E-state index is 12.4. The van der Waals surface area contributed by atoms with E-state index in [4.69, 9.17) is 16.3 Å². The van der Waals surface area contributed by atoms with E-state index in [2.05, 4.69) is 15.5 Å². The molecule has 0 atom stereocenters. The third-order valence-corrected chi connectivity index (χ3v) is 5.78. The van der Waals surface area contributed by atoms with Crippen LogP contribution < -0.4 is 10.1 Å². The van der Waals surface area contributed by atoms with Gasteiger partial charge in [-0.2, -0.15) is 0 Å². The number of aryl methyl sites for hydroxylation is 3. The fraction of sp³-hybridized carbons (Fsp3) is 0.286. The predicted molar refractivity (Wildman–Crippen MR) is 117 cm³/mol. The van der Waals surface area contributed by atoms with Crippen LogP contribution in [0.1, 0.15) is 22.5 Å². The van der Waals surface area contributed by atoms with Crippen molar-refractivity contribution in [2.75, 3.05) is 11.1 Å². The van der Waals surface area contributed by atoms with Crippen LogP contribution in [0, 0.1) is 20.8 Å². The van der Waals surface area contributed by atoms with Gasteiger partial charge in [-0.1, -0.05) is 47.6 Å². The lowest BCUT2D eigenvalue weighted by molar-refractivity contribution is -0.113. The van der Waals surface area contributed by atoms with Crippen molar-refractivity contribution in [1.29, 1.82) is 0 Å². The van der Waals surface area contributed by atoms with Gasteiger partial charge >= 0.3 is 0 Å². The van der Waals surface area contributed by atoms with Gasteiger partial charge in [0.25, 0.3) is 0 Å². The number of thioether (sulfide) groups is 1. The van der Waals surface area contributed by atoms with Crippen molar-refractivity contribution in [1.82, 2.24) is 14.8 Å². The molecule has 1 N–H and O–H groups in total. The Hall–Kier alpha value is -2.51. The number of nitrogens with zero attached hydrogens (tertiary/aromatic N) is 3. The molecule has 0 saturated heterocycles. The minimum Gasteiger partial charge on any atom is -0.484 e. The molecule has 0 aliphatic carbocycles. The number of benzene rings is 2. The molecule has 0 fully saturated rings. The Morgan fingerprint density at radius 1 is 1.17 bits per heavy atom. The first-order valence-corrected chi connectivity index (χ1v) is 10.5. The zero-order chi connectivity index (χ0) is 21.0. The Balaban J connectivity index is 1.58. The second kappa shape index (κ2) is 9.33. The summed E-state index contributed by atoms with van der Waals surface area (Å²) in [5.74, 6) is 1.42. The number of nitrogens with one attached hydrogen (secondary N) is 1. The molecule has 1 amide bonds. The van der Waals surface area contributed by atoms with E-state index in [1.165, 1.54) is 11.8 Å². The van der Waals surface area contributed by atoms with Crippen molar-refractivity contribution in [2.24, 2.45) is 7.05 Å². The Morgan fingerprint density at radius 3 is 2.62 bits per heavy atom. The summed E-state index contributed by atoms with van der Waals surface area (Å²) in [5, 5.41) is 12.5. The molecule has 152 valence electrons. The lowest BCUT2D eigenvalue weighted by atomic mass is 10.1. The molecule has 0 spiro atoms. The second-order valence-electron chi connectivity index (χ2n) is 6.78. The molecule has 0 aliphatic rings. The maximum absolute atomic E-state index is 12.4. The molecule has 6 nitrogen and oxygen atoms in total. The summed E-state index contributed by atoms with van der Waals surface area (Å²) >= 11 is 7.49. The molecule has 0 saturated carbocycles. The molecular weight excluding hydrogens is 408 g/mol. The number of rotatable bonds is 7. The number of para-hydroxylation sites is 1. The summed E-state index contributed by atoms with van der Waals surface area (Å²) in [4.78, 5) is 12.4. The number of anilines is 1. The van der Waals surface area contributed by atoms with Crippen molar-refractivity contribution in [3.63, 3.8) is 0 Å². The highest BCUT2D eigenvalue weighted by molar-refractivity contribution is 7.99. The summed E-state index contributed by atoms with van der Waals surface area (Å²) in [6.07, 6.45) is 0. The van der Waals surface area contributed by atoms with Gasteiger partial charge in [-0.05, 0) is 49.6 Å². The molecule has 29 heavy (non-hydrogen) atoms. The van der Waals surface area contributed by atoms with Crippen LogP contribution in [0.3, 0.4) is 0 Å². The first-order valence-electron chi connectivity index (χ1n) is 9.11. The molecule has 1 aromatic heterocycles. The van der Waals surface area contributed by atoms with Gasteiger partial charge in [-0.25, -0.2) is 0 Å². The number of ether oxygens (including phenoxy) is 1. The van der Waals surface area contributed by atoms with E-state index in [0.717, 1.165) is 22.4 Å². The average molecular weight is 431 g/mol. The third-order valence-electron chi connectivity index (χ3n) is 4.45. The average Bonchev–Trinajstić information content (AvgIpc) is 3.03. The van der Waals surface area contributed by atoms with Crippen molar-refractivity contribution in [2.45, 2.75) is 32.5 Å². The Labute approximate surface area is 179 Å². The summed E-state index contributed by atoms with van der Waals surface area (Å²) in [5.41, 5.74) is 4.00. The fourth-order valence-electron chi connectivity index (χ4n) is 2.78. The molecule has 2 aromatic carbocycles. The highest BCUT2D eigenvalue weighted by Gasteiger charge is 2.14.